The normalized spacial score (nSPS) is 22.2. The number of hydrogen-bond donors (Lipinski definition) is 1. The second-order valence-corrected chi connectivity index (χ2v) is 4.04. The van der Waals surface area contributed by atoms with Gasteiger partial charge in [0, 0.05) is 25.7 Å². The summed E-state index contributed by atoms with van der Waals surface area (Å²) in [6, 6.07) is 0.396. The van der Waals surface area contributed by atoms with Gasteiger partial charge in [-0.25, -0.2) is 0 Å². The molecule has 2 N–H and O–H groups in total. The summed E-state index contributed by atoms with van der Waals surface area (Å²) in [4.78, 5) is 2.48. The molecule has 12 heavy (non-hydrogen) atoms. The molecule has 0 saturated carbocycles. The lowest BCUT2D eigenvalue weighted by Gasteiger charge is -2.40. The predicted molar refractivity (Wildman–Crippen MR) is 53.1 cm³/mol. The van der Waals surface area contributed by atoms with E-state index in [1.165, 1.54) is 25.9 Å². The molecule has 1 rings (SSSR count). The van der Waals surface area contributed by atoms with Crippen molar-refractivity contribution in [1.82, 2.24) is 4.90 Å². The van der Waals surface area contributed by atoms with Crippen LogP contribution in [0.3, 0.4) is 0 Å². The Balaban J connectivity index is 2.01. The minimum atomic E-state index is 0.396. The molecule has 1 aliphatic heterocycles. The zero-order valence-electron chi connectivity index (χ0n) is 8.42. The molecule has 1 atom stereocenters. The second kappa shape index (κ2) is 4.83. The van der Waals surface area contributed by atoms with Gasteiger partial charge >= 0.3 is 0 Å². The van der Waals surface area contributed by atoms with Gasteiger partial charge in [-0.05, 0) is 18.8 Å². The maximum atomic E-state index is 5.86. The molecule has 1 heterocycles. The SMILES string of the molecule is CCCC1CN(CC(N)CC)C1. The summed E-state index contributed by atoms with van der Waals surface area (Å²) < 4.78 is 0. The predicted octanol–water partition coefficient (Wildman–Crippen LogP) is 1.46. The lowest BCUT2D eigenvalue weighted by Crippen LogP contribution is -2.51. The highest BCUT2D eigenvalue weighted by Gasteiger charge is 2.25. The quantitative estimate of drug-likeness (QED) is 0.677. The topological polar surface area (TPSA) is 29.3 Å². The molecule has 72 valence electrons. The van der Waals surface area contributed by atoms with Crippen LogP contribution in [0.25, 0.3) is 0 Å². The number of rotatable bonds is 5. The van der Waals surface area contributed by atoms with Crippen molar-refractivity contribution in [1.29, 1.82) is 0 Å². The van der Waals surface area contributed by atoms with Crippen LogP contribution in [0.15, 0.2) is 0 Å². The Labute approximate surface area is 76.1 Å². The lowest BCUT2D eigenvalue weighted by molar-refractivity contribution is 0.0866. The van der Waals surface area contributed by atoms with E-state index in [1.807, 2.05) is 0 Å². The van der Waals surface area contributed by atoms with E-state index >= 15 is 0 Å². The van der Waals surface area contributed by atoms with Crippen LogP contribution in [0.5, 0.6) is 0 Å². The Morgan fingerprint density at radius 3 is 2.58 bits per heavy atom. The summed E-state index contributed by atoms with van der Waals surface area (Å²) in [7, 11) is 0. The number of likely N-dealkylation sites (tertiary alicyclic amines) is 1. The lowest BCUT2D eigenvalue weighted by atomic mass is 9.94. The average molecular weight is 170 g/mol. The van der Waals surface area contributed by atoms with Crippen LogP contribution in [0.2, 0.25) is 0 Å². The molecule has 0 amide bonds. The maximum Gasteiger partial charge on any atom is 0.0165 e. The first-order valence-corrected chi connectivity index (χ1v) is 5.24. The molecule has 2 nitrogen and oxygen atoms in total. The monoisotopic (exact) mass is 170 g/mol. The Morgan fingerprint density at radius 1 is 1.42 bits per heavy atom. The largest absolute Gasteiger partial charge is 0.327 e. The van der Waals surface area contributed by atoms with Crippen molar-refractivity contribution in [2.75, 3.05) is 19.6 Å². The van der Waals surface area contributed by atoms with Gasteiger partial charge in [-0.3, -0.25) is 0 Å². The highest BCUT2D eigenvalue weighted by atomic mass is 15.2. The summed E-state index contributed by atoms with van der Waals surface area (Å²) in [6.07, 6.45) is 3.84. The van der Waals surface area contributed by atoms with E-state index in [1.54, 1.807) is 0 Å². The van der Waals surface area contributed by atoms with Crippen molar-refractivity contribution >= 4 is 0 Å². The standard InChI is InChI=1S/C10H22N2/c1-3-5-9-6-12(7-9)8-10(11)4-2/h9-10H,3-8,11H2,1-2H3. The van der Waals surface area contributed by atoms with Crippen LogP contribution in [0.4, 0.5) is 0 Å². The second-order valence-electron chi connectivity index (χ2n) is 4.04. The smallest absolute Gasteiger partial charge is 0.0165 e. The van der Waals surface area contributed by atoms with Crippen LogP contribution in [-0.4, -0.2) is 30.6 Å². The van der Waals surface area contributed by atoms with Gasteiger partial charge in [0.25, 0.3) is 0 Å². The fourth-order valence-corrected chi connectivity index (χ4v) is 1.88. The van der Waals surface area contributed by atoms with Gasteiger partial charge in [0.05, 0.1) is 0 Å². The van der Waals surface area contributed by atoms with E-state index in [-0.39, 0.29) is 0 Å². The average Bonchev–Trinajstić information content (AvgIpc) is 2.00. The Hall–Kier alpha value is -0.0800. The zero-order valence-corrected chi connectivity index (χ0v) is 8.42. The summed E-state index contributed by atoms with van der Waals surface area (Å²) >= 11 is 0. The zero-order chi connectivity index (χ0) is 8.97. The van der Waals surface area contributed by atoms with Gasteiger partial charge in [-0.2, -0.15) is 0 Å². The fraction of sp³-hybridized carbons (Fsp3) is 1.00. The number of hydrogen-bond acceptors (Lipinski definition) is 2. The van der Waals surface area contributed by atoms with E-state index in [0.717, 1.165) is 18.9 Å². The van der Waals surface area contributed by atoms with Crippen LogP contribution in [0, 0.1) is 5.92 Å². The molecule has 0 aliphatic carbocycles. The van der Waals surface area contributed by atoms with Crippen LogP contribution >= 0.6 is 0 Å². The molecule has 0 aromatic carbocycles. The van der Waals surface area contributed by atoms with Crippen molar-refractivity contribution < 1.29 is 0 Å². The third kappa shape index (κ3) is 2.76. The summed E-state index contributed by atoms with van der Waals surface area (Å²) in [5, 5.41) is 0. The summed E-state index contributed by atoms with van der Waals surface area (Å²) in [6.45, 7) is 8.12. The van der Waals surface area contributed by atoms with Gasteiger partial charge < -0.3 is 10.6 Å². The first kappa shape index (κ1) is 10.0. The first-order chi connectivity index (χ1) is 5.76. The molecule has 0 radical (unpaired) electrons. The molecule has 0 aromatic rings. The molecule has 1 saturated heterocycles. The Bertz CT molecular complexity index is 119. The number of nitrogens with two attached hydrogens (primary N) is 1. The van der Waals surface area contributed by atoms with Crippen LogP contribution in [-0.2, 0) is 0 Å². The van der Waals surface area contributed by atoms with Gasteiger partial charge in [-0.15, -0.1) is 0 Å². The molecule has 0 bridgehead atoms. The van der Waals surface area contributed by atoms with Gasteiger partial charge in [0.15, 0.2) is 0 Å². The summed E-state index contributed by atoms with van der Waals surface area (Å²) in [5.74, 6) is 0.971. The molecule has 0 aromatic heterocycles. The van der Waals surface area contributed by atoms with Crippen molar-refractivity contribution in [3.63, 3.8) is 0 Å². The molecule has 2 heteroatoms. The fourth-order valence-electron chi connectivity index (χ4n) is 1.88. The molecule has 1 fully saturated rings. The van der Waals surface area contributed by atoms with Crippen LogP contribution < -0.4 is 5.73 Å². The maximum absolute atomic E-state index is 5.86. The molecule has 1 unspecified atom stereocenters. The van der Waals surface area contributed by atoms with Gasteiger partial charge in [0.1, 0.15) is 0 Å². The minimum Gasteiger partial charge on any atom is -0.327 e. The minimum absolute atomic E-state index is 0.396. The molecule has 1 aliphatic rings. The van der Waals surface area contributed by atoms with Crippen molar-refractivity contribution in [2.45, 2.75) is 39.2 Å². The van der Waals surface area contributed by atoms with Crippen LogP contribution in [0.1, 0.15) is 33.1 Å². The van der Waals surface area contributed by atoms with E-state index in [0.29, 0.717) is 6.04 Å². The van der Waals surface area contributed by atoms with Gasteiger partial charge in [-0.1, -0.05) is 20.3 Å². The van der Waals surface area contributed by atoms with E-state index in [2.05, 4.69) is 18.7 Å². The Kier molecular flexibility index (Phi) is 4.02. The van der Waals surface area contributed by atoms with E-state index < -0.39 is 0 Å². The van der Waals surface area contributed by atoms with E-state index in [4.69, 9.17) is 5.73 Å². The van der Waals surface area contributed by atoms with Crippen molar-refractivity contribution in [3.05, 3.63) is 0 Å². The molecular formula is C10H22N2. The third-order valence-corrected chi connectivity index (χ3v) is 2.75. The van der Waals surface area contributed by atoms with Crippen molar-refractivity contribution in [3.8, 4) is 0 Å². The third-order valence-electron chi connectivity index (χ3n) is 2.75. The van der Waals surface area contributed by atoms with Crippen molar-refractivity contribution in [2.24, 2.45) is 11.7 Å². The van der Waals surface area contributed by atoms with E-state index in [9.17, 15) is 0 Å². The molecule has 0 spiro atoms. The molecular weight excluding hydrogens is 148 g/mol. The highest BCUT2D eigenvalue weighted by Crippen LogP contribution is 2.20. The summed E-state index contributed by atoms with van der Waals surface area (Å²) in [5.41, 5.74) is 5.86. The first-order valence-electron chi connectivity index (χ1n) is 5.24. The highest BCUT2D eigenvalue weighted by molar-refractivity contribution is 4.81. The van der Waals surface area contributed by atoms with Gasteiger partial charge in [0.2, 0.25) is 0 Å². The Morgan fingerprint density at radius 2 is 2.08 bits per heavy atom. The number of nitrogens with zero attached hydrogens (tertiary/aromatic N) is 1.